The highest BCUT2D eigenvalue weighted by Gasteiger charge is 2.32. The molecule has 2 fully saturated rings. The van der Waals surface area contributed by atoms with Gasteiger partial charge in [-0.3, -0.25) is 4.79 Å². The Morgan fingerprint density at radius 3 is 2.95 bits per heavy atom. The lowest BCUT2D eigenvalue weighted by Gasteiger charge is -2.19. The van der Waals surface area contributed by atoms with E-state index in [0.717, 1.165) is 24.3 Å². The van der Waals surface area contributed by atoms with Crippen LogP contribution in [0.1, 0.15) is 24.4 Å². The predicted octanol–water partition coefficient (Wildman–Crippen LogP) is 1.59. The van der Waals surface area contributed by atoms with Gasteiger partial charge in [0, 0.05) is 24.6 Å². The second kappa shape index (κ2) is 5.81. The molecule has 20 heavy (non-hydrogen) atoms. The predicted molar refractivity (Wildman–Crippen MR) is 72.8 cm³/mol. The number of carboxylic acid groups (broad SMARTS) is 1. The van der Waals surface area contributed by atoms with Crippen molar-refractivity contribution >= 4 is 5.97 Å². The number of para-hydroxylation sites is 1. The number of hydrogen-bond donors (Lipinski definition) is 2. The standard InChI is InChI=1S/C15H19NO4/c17-15(18)10-7-13(16-8-10)12-3-1-2-4-14(12)20-11-5-6-19-9-11/h1-4,10-11,13,16H,5-9H2,(H,17,18). The van der Waals surface area contributed by atoms with Crippen molar-refractivity contribution in [3.8, 4) is 5.75 Å². The largest absolute Gasteiger partial charge is 0.488 e. The van der Waals surface area contributed by atoms with Crippen LogP contribution in [-0.2, 0) is 9.53 Å². The average Bonchev–Trinajstić information content (AvgIpc) is 3.10. The minimum atomic E-state index is -0.734. The molecule has 2 aliphatic heterocycles. The van der Waals surface area contributed by atoms with Crippen molar-refractivity contribution in [2.75, 3.05) is 19.8 Å². The fourth-order valence-corrected chi connectivity index (χ4v) is 2.82. The molecule has 1 aromatic rings. The van der Waals surface area contributed by atoms with Crippen molar-refractivity contribution in [3.63, 3.8) is 0 Å². The molecule has 3 unspecified atom stereocenters. The highest BCUT2D eigenvalue weighted by molar-refractivity contribution is 5.71. The van der Waals surface area contributed by atoms with E-state index in [-0.39, 0.29) is 18.1 Å². The molecule has 0 aromatic heterocycles. The van der Waals surface area contributed by atoms with Gasteiger partial charge >= 0.3 is 5.97 Å². The van der Waals surface area contributed by atoms with Crippen LogP contribution in [0.5, 0.6) is 5.75 Å². The highest BCUT2D eigenvalue weighted by Crippen LogP contribution is 2.34. The Labute approximate surface area is 117 Å². The SMILES string of the molecule is O=C(O)C1CNC(c2ccccc2OC2CCOC2)C1. The Hall–Kier alpha value is -1.59. The Morgan fingerprint density at radius 1 is 1.40 bits per heavy atom. The fraction of sp³-hybridized carbons (Fsp3) is 0.533. The number of aliphatic carboxylic acids is 1. The first-order chi connectivity index (χ1) is 9.74. The van der Waals surface area contributed by atoms with Crippen molar-refractivity contribution in [2.45, 2.75) is 25.0 Å². The minimum Gasteiger partial charge on any atom is -0.488 e. The number of ether oxygens (including phenoxy) is 2. The zero-order valence-corrected chi connectivity index (χ0v) is 11.2. The van der Waals surface area contributed by atoms with Crippen LogP contribution in [0.15, 0.2) is 24.3 Å². The minimum absolute atomic E-state index is 0.0506. The van der Waals surface area contributed by atoms with E-state index in [4.69, 9.17) is 14.6 Å². The van der Waals surface area contributed by atoms with Crippen molar-refractivity contribution in [1.82, 2.24) is 5.32 Å². The summed E-state index contributed by atoms with van der Waals surface area (Å²) in [5, 5.41) is 12.4. The van der Waals surface area contributed by atoms with E-state index < -0.39 is 5.97 Å². The summed E-state index contributed by atoms with van der Waals surface area (Å²) in [5.74, 6) is -0.211. The fourth-order valence-electron chi connectivity index (χ4n) is 2.82. The quantitative estimate of drug-likeness (QED) is 0.874. The van der Waals surface area contributed by atoms with Crippen molar-refractivity contribution in [2.24, 2.45) is 5.92 Å². The molecular formula is C15H19NO4. The van der Waals surface area contributed by atoms with Crippen LogP contribution >= 0.6 is 0 Å². The molecule has 108 valence electrons. The third-order valence-electron chi connectivity index (χ3n) is 3.96. The average molecular weight is 277 g/mol. The number of benzene rings is 1. The molecule has 3 rings (SSSR count). The van der Waals surface area contributed by atoms with Gasteiger partial charge in [0.1, 0.15) is 11.9 Å². The second-order valence-electron chi connectivity index (χ2n) is 5.37. The summed E-state index contributed by atoms with van der Waals surface area (Å²) >= 11 is 0. The maximum atomic E-state index is 11.1. The van der Waals surface area contributed by atoms with E-state index in [0.29, 0.717) is 19.6 Å². The van der Waals surface area contributed by atoms with E-state index in [1.165, 1.54) is 0 Å². The normalized spacial score (nSPS) is 29.5. The number of nitrogens with one attached hydrogen (secondary N) is 1. The molecule has 0 spiro atoms. The Bertz CT molecular complexity index is 485. The molecule has 5 heteroatoms. The third kappa shape index (κ3) is 2.78. The topological polar surface area (TPSA) is 67.8 Å². The smallest absolute Gasteiger partial charge is 0.307 e. The first-order valence-electron chi connectivity index (χ1n) is 7.03. The lowest BCUT2D eigenvalue weighted by molar-refractivity contribution is -0.141. The molecule has 2 N–H and O–H groups in total. The van der Waals surface area contributed by atoms with Crippen molar-refractivity contribution in [1.29, 1.82) is 0 Å². The molecular weight excluding hydrogens is 258 g/mol. The van der Waals surface area contributed by atoms with E-state index in [2.05, 4.69) is 5.32 Å². The number of carbonyl (C=O) groups is 1. The van der Waals surface area contributed by atoms with Gasteiger partial charge in [-0.1, -0.05) is 18.2 Å². The summed E-state index contributed by atoms with van der Waals surface area (Å²) in [7, 11) is 0. The molecule has 1 aromatic carbocycles. The zero-order valence-electron chi connectivity index (χ0n) is 11.2. The van der Waals surface area contributed by atoms with E-state index in [1.807, 2.05) is 24.3 Å². The molecule has 0 radical (unpaired) electrons. The van der Waals surface area contributed by atoms with Crippen molar-refractivity contribution in [3.05, 3.63) is 29.8 Å². The molecule has 3 atom stereocenters. The number of carboxylic acids is 1. The molecule has 0 saturated carbocycles. The van der Waals surface area contributed by atoms with E-state index in [9.17, 15) is 4.79 Å². The number of hydrogen-bond acceptors (Lipinski definition) is 4. The maximum absolute atomic E-state index is 11.1. The van der Waals surface area contributed by atoms with Gasteiger partial charge in [-0.05, 0) is 12.5 Å². The Morgan fingerprint density at radius 2 is 2.25 bits per heavy atom. The van der Waals surface area contributed by atoms with Crippen LogP contribution in [0.3, 0.4) is 0 Å². The Balaban J connectivity index is 1.74. The van der Waals surface area contributed by atoms with Gasteiger partial charge < -0.3 is 19.9 Å². The van der Waals surface area contributed by atoms with Gasteiger partial charge in [-0.15, -0.1) is 0 Å². The lowest BCUT2D eigenvalue weighted by Crippen LogP contribution is -2.19. The van der Waals surface area contributed by atoms with Gasteiger partial charge in [-0.25, -0.2) is 0 Å². The van der Waals surface area contributed by atoms with Crippen LogP contribution in [0.25, 0.3) is 0 Å². The van der Waals surface area contributed by atoms with Crippen LogP contribution in [-0.4, -0.2) is 36.9 Å². The summed E-state index contributed by atoms with van der Waals surface area (Å²) in [6.07, 6.45) is 1.62. The van der Waals surface area contributed by atoms with Crippen molar-refractivity contribution < 1.29 is 19.4 Å². The molecule has 0 amide bonds. The lowest BCUT2D eigenvalue weighted by atomic mass is 9.99. The first kappa shape index (κ1) is 13.4. The molecule has 2 aliphatic rings. The van der Waals surface area contributed by atoms with Crippen LogP contribution in [0, 0.1) is 5.92 Å². The van der Waals surface area contributed by atoms with Crippen LogP contribution in [0.4, 0.5) is 0 Å². The molecule has 0 bridgehead atoms. The zero-order chi connectivity index (χ0) is 13.9. The summed E-state index contributed by atoms with van der Waals surface area (Å²) in [6, 6.07) is 7.91. The van der Waals surface area contributed by atoms with Gasteiger partial charge in [0.15, 0.2) is 0 Å². The summed E-state index contributed by atoms with van der Waals surface area (Å²) in [6.45, 7) is 1.89. The molecule has 2 saturated heterocycles. The summed E-state index contributed by atoms with van der Waals surface area (Å²) < 4.78 is 11.3. The first-order valence-corrected chi connectivity index (χ1v) is 7.03. The molecule has 0 aliphatic carbocycles. The maximum Gasteiger partial charge on any atom is 0.307 e. The second-order valence-corrected chi connectivity index (χ2v) is 5.37. The summed E-state index contributed by atoms with van der Waals surface area (Å²) in [4.78, 5) is 11.1. The van der Waals surface area contributed by atoms with E-state index in [1.54, 1.807) is 0 Å². The van der Waals surface area contributed by atoms with Gasteiger partial charge in [0.05, 0.1) is 19.1 Å². The highest BCUT2D eigenvalue weighted by atomic mass is 16.5. The van der Waals surface area contributed by atoms with Gasteiger partial charge in [0.25, 0.3) is 0 Å². The Kier molecular flexibility index (Phi) is 3.89. The monoisotopic (exact) mass is 277 g/mol. The molecule has 2 heterocycles. The van der Waals surface area contributed by atoms with E-state index >= 15 is 0 Å². The van der Waals surface area contributed by atoms with Crippen LogP contribution in [0.2, 0.25) is 0 Å². The molecule has 5 nitrogen and oxygen atoms in total. The summed E-state index contributed by atoms with van der Waals surface area (Å²) in [5.41, 5.74) is 1.04. The number of rotatable bonds is 4. The third-order valence-corrected chi connectivity index (χ3v) is 3.96. The van der Waals surface area contributed by atoms with Gasteiger partial charge in [-0.2, -0.15) is 0 Å². The van der Waals surface area contributed by atoms with Gasteiger partial charge in [0.2, 0.25) is 0 Å². The van der Waals surface area contributed by atoms with Crippen LogP contribution < -0.4 is 10.1 Å².